The zero-order valence-electron chi connectivity index (χ0n) is 14.0. The number of fused-ring (bicyclic) bond motifs is 1. The standard InChI is InChI=1S/C18H16F3NO4S/c19-18(20,21)15-3-1-2-4-16(15)27(25,26)22-14-9-12-6-5-11(8-17(23)24)7-13(12)10-14/h1-7,14,22H,8-10H2,(H,23,24). The molecule has 2 N–H and O–H groups in total. The van der Waals surface area contributed by atoms with Crippen molar-refractivity contribution in [3.05, 3.63) is 64.7 Å². The van der Waals surface area contributed by atoms with E-state index < -0.39 is 38.7 Å². The van der Waals surface area contributed by atoms with Crippen LogP contribution in [0.1, 0.15) is 22.3 Å². The molecule has 0 aromatic heterocycles. The van der Waals surface area contributed by atoms with Gasteiger partial charge in [0.1, 0.15) is 0 Å². The topological polar surface area (TPSA) is 83.5 Å². The molecule has 0 aliphatic heterocycles. The van der Waals surface area contributed by atoms with Gasteiger partial charge in [0.2, 0.25) is 10.0 Å². The molecule has 0 bridgehead atoms. The molecule has 27 heavy (non-hydrogen) atoms. The molecule has 0 radical (unpaired) electrons. The van der Waals surface area contributed by atoms with E-state index in [1.165, 1.54) is 6.07 Å². The minimum atomic E-state index is -4.78. The highest BCUT2D eigenvalue weighted by Gasteiger charge is 2.38. The van der Waals surface area contributed by atoms with Crippen molar-refractivity contribution in [3.63, 3.8) is 0 Å². The van der Waals surface area contributed by atoms with Crippen LogP contribution < -0.4 is 4.72 Å². The van der Waals surface area contributed by atoms with Gasteiger partial charge in [0.15, 0.2) is 0 Å². The Hall–Kier alpha value is -2.39. The lowest BCUT2D eigenvalue weighted by atomic mass is 10.0. The Balaban J connectivity index is 1.81. The number of hydrogen-bond donors (Lipinski definition) is 2. The number of nitrogens with one attached hydrogen (secondary N) is 1. The Morgan fingerprint density at radius 3 is 2.44 bits per heavy atom. The number of carboxylic acid groups (broad SMARTS) is 1. The lowest BCUT2D eigenvalue weighted by molar-refractivity contribution is -0.140. The minimum absolute atomic E-state index is 0.150. The van der Waals surface area contributed by atoms with Crippen LogP contribution in [0, 0.1) is 0 Å². The maximum Gasteiger partial charge on any atom is 0.417 e. The molecule has 5 nitrogen and oxygen atoms in total. The fourth-order valence-corrected chi connectivity index (χ4v) is 4.72. The highest BCUT2D eigenvalue weighted by molar-refractivity contribution is 7.89. The van der Waals surface area contributed by atoms with Crippen LogP contribution in [-0.2, 0) is 40.3 Å². The third-order valence-electron chi connectivity index (χ3n) is 4.36. The third kappa shape index (κ3) is 4.30. The van der Waals surface area contributed by atoms with Crippen molar-refractivity contribution < 1.29 is 31.5 Å². The van der Waals surface area contributed by atoms with Crippen molar-refractivity contribution in [3.8, 4) is 0 Å². The van der Waals surface area contributed by atoms with Crippen molar-refractivity contribution in [2.75, 3.05) is 0 Å². The Labute approximate surface area is 153 Å². The van der Waals surface area contributed by atoms with Crippen LogP contribution in [0.3, 0.4) is 0 Å². The van der Waals surface area contributed by atoms with Gasteiger partial charge in [-0.25, -0.2) is 13.1 Å². The average Bonchev–Trinajstić information content (AvgIpc) is 2.94. The molecule has 3 rings (SSSR count). The van der Waals surface area contributed by atoms with Crippen LogP contribution in [0.2, 0.25) is 0 Å². The summed E-state index contributed by atoms with van der Waals surface area (Å²) in [5.74, 6) is -0.978. The van der Waals surface area contributed by atoms with Crippen LogP contribution in [0.15, 0.2) is 47.4 Å². The van der Waals surface area contributed by atoms with Gasteiger partial charge in [-0.2, -0.15) is 13.2 Å². The van der Waals surface area contributed by atoms with Gasteiger partial charge in [-0.1, -0.05) is 30.3 Å². The van der Waals surface area contributed by atoms with E-state index in [1.54, 1.807) is 18.2 Å². The Morgan fingerprint density at radius 2 is 1.78 bits per heavy atom. The van der Waals surface area contributed by atoms with E-state index in [0.29, 0.717) is 12.0 Å². The zero-order valence-corrected chi connectivity index (χ0v) is 14.8. The number of rotatable bonds is 5. The largest absolute Gasteiger partial charge is 0.481 e. The SMILES string of the molecule is O=C(O)Cc1ccc2c(c1)CC(NS(=O)(=O)c1ccccc1C(F)(F)F)C2. The summed E-state index contributed by atoms with van der Waals surface area (Å²) in [7, 11) is -4.37. The second-order valence-electron chi connectivity index (χ2n) is 6.39. The highest BCUT2D eigenvalue weighted by atomic mass is 32.2. The maximum absolute atomic E-state index is 13.1. The van der Waals surface area contributed by atoms with Crippen molar-refractivity contribution in [2.45, 2.75) is 36.4 Å². The van der Waals surface area contributed by atoms with Crippen LogP contribution in [0.5, 0.6) is 0 Å². The van der Waals surface area contributed by atoms with Crippen LogP contribution in [0.25, 0.3) is 0 Å². The number of benzene rings is 2. The summed E-state index contributed by atoms with van der Waals surface area (Å²) in [5, 5.41) is 8.85. The highest BCUT2D eigenvalue weighted by Crippen LogP contribution is 2.34. The average molecular weight is 399 g/mol. The van der Waals surface area contributed by atoms with E-state index in [1.807, 2.05) is 0 Å². The summed E-state index contributed by atoms with van der Waals surface area (Å²) in [6.07, 6.45) is -4.31. The van der Waals surface area contributed by atoms with Gasteiger partial charge in [0.25, 0.3) is 0 Å². The molecule has 1 aliphatic rings. The van der Waals surface area contributed by atoms with E-state index in [-0.39, 0.29) is 12.8 Å². The first-order chi connectivity index (χ1) is 12.6. The fourth-order valence-electron chi connectivity index (χ4n) is 3.26. The summed E-state index contributed by atoms with van der Waals surface area (Å²) >= 11 is 0. The van der Waals surface area contributed by atoms with E-state index in [0.717, 1.165) is 29.3 Å². The number of halogens is 3. The summed E-state index contributed by atoms with van der Waals surface area (Å²) in [6.45, 7) is 0. The van der Waals surface area contributed by atoms with Crippen molar-refractivity contribution in [1.82, 2.24) is 4.72 Å². The van der Waals surface area contributed by atoms with Gasteiger partial charge >= 0.3 is 12.1 Å². The molecular formula is C18H16F3NO4S. The van der Waals surface area contributed by atoms with Gasteiger partial charge < -0.3 is 5.11 Å². The van der Waals surface area contributed by atoms with Gasteiger partial charge in [-0.3, -0.25) is 4.79 Å². The van der Waals surface area contributed by atoms with E-state index in [4.69, 9.17) is 5.11 Å². The van der Waals surface area contributed by atoms with Gasteiger partial charge in [0.05, 0.1) is 16.9 Å². The molecule has 144 valence electrons. The van der Waals surface area contributed by atoms with E-state index in [9.17, 15) is 26.4 Å². The first-order valence-corrected chi connectivity index (χ1v) is 9.55. The minimum Gasteiger partial charge on any atom is -0.481 e. The summed E-state index contributed by atoms with van der Waals surface area (Å²) in [6, 6.07) is 8.53. The van der Waals surface area contributed by atoms with E-state index >= 15 is 0 Å². The Morgan fingerprint density at radius 1 is 1.11 bits per heavy atom. The molecule has 0 amide bonds. The lowest BCUT2D eigenvalue weighted by Gasteiger charge is -2.16. The smallest absolute Gasteiger partial charge is 0.417 e. The third-order valence-corrected chi connectivity index (χ3v) is 5.94. The molecule has 2 aromatic rings. The molecule has 0 fully saturated rings. The number of hydrogen-bond acceptors (Lipinski definition) is 3. The Kier molecular flexibility index (Phi) is 5.00. The van der Waals surface area contributed by atoms with Crippen molar-refractivity contribution >= 4 is 16.0 Å². The van der Waals surface area contributed by atoms with Gasteiger partial charge in [-0.15, -0.1) is 0 Å². The monoisotopic (exact) mass is 399 g/mol. The predicted octanol–water partition coefficient (Wildman–Crippen LogP) is 2.78. The summed E-state index contributed by atoms with van der Waals surface area (Å²) in [4.78, 5) is 10.0. The quantitative estimate of drug-likeness (QED) is 0.810. The predicted molar refractivity (Wildman–Crippen MR) is 90.7 cm³/mol. The number of sulfonamides is 1. The molecule has 9 heteroatoms. The van der Waals surface area contributed by atoms with Crippen LogP contribution in [0.4, 0.5) is 13.2 Å². The Bertz CT molecular complexity index is 986. The lowest BCUT2D eigenvalue weighted by Crippen LogP contribution is -2.36. The molecule has 1 unspecified atom stereocenters. The fraction of sp³-hybridized carbons (Fsp3) is 0.278. The van der Waals surface area contributed by atoms with E-state index in [2.05, 4.69) is 4.72 Å². The zero-order chi connectivity index (χ0) is 19.8. The van der Waals surface area contributed by atoms with Crippen LogP contribution >= 0.6 is 0 Å². The number of alkyl halides is 3. The van der Waals surface area contributed by atoms with Gasteiger partial charge in [-0.05, 0) is 41.7 Å². The normalized spacial score (nSPS) is 16.9. The summed E-state index contributed by atoms with van der Waals surface area (Å²) in [5.41, 5.74) is 1.02. The molecule has 0 heterocycles. The number of aliphatic carboxylic acids is 1. The number of carboxylic acids is 1. The molecule has 0 spiro atoms. The molecular weight excluding hydrogens is 383 g/mol. The first kappa shape index (κ1) is 19.4. The summed E-state index contributed by atoms with van der Waals surface area (Å²) < 4.78 is 66.8. The van der Waals surface area contributed by atoms with Crippen molar-refractivity contribution in [2.24, 2.45) is 0 Å². The second-order valence-corrected chi connectivity index (χ2v) is 8.08. The maximum atomic E-state index is 13.1. The molecule has 2 aromatic carbocycles. The number of carbonyl (C=O) groups is 1. The molecule has 0 saturated heterocycles. The molecule has 1 atom stereocenters. The molecule has 1 aliphatic carbocycles. The second kappa shape index (κ2) is 6.97. The first-order valence-electron chi connectivity index (χ1n) is 8.07. The molecule has 0 saturated carbocycles. The van der Waals surface area contributed by atoms with Crippen molar-refractivity contribution in [1.29, 1.82) is 0 Å². The van der Waals surface area contributed by atoms with Crippen LogP contribution in [-0.4, -0.2) is 25.5 Å². The van der Waals surface area contributed by atoms with Gasteiger partial charge in [0, 0.05) is 6.04 Å².